The molecule has 0 bridgehead atoms. The molecule has 0 saturated carbocycles. The van der Waals surface area contributed by atoms with E-state index < -0.39 is 43.3 Å². The van der Waals surface area contributed by atoms with Gasteiger partial charge in [-0.25, -0.2) is 9.48 Å². The van der Waals surface area contributed by atoms with E-state index in [9.17, 15) is 20.1 Å². The minimum atomic E-state index is -1.68. The molecular weight excluding hydrogens is 702 g/mol. The SMILES string of the molecule is COc1ccc([C@@H]2OC[C@H]3[C@@H]2CO[C@@H]3c2ccc(O[C@H]3O[C@H](COC(=O)c4cn(-c5ccc(Cl)cc5)nn4)[C@@H](O)[C@H](O)[C@H]3O)c(OC)c2)cc1OC. The lowest BCUT2D eigenvalue weighted by Gasteiger charge is -2.40. The lowest BCUT2D eigenvalue weighted by molar-refractivity contribution is -0.277. The van der Waals surface area contributed by atoms with E-state index in [1.165, 1.54) is 18.0 Å². The maximum atomic E-state index is 12.8. The monoisotopic (exact) mass is 739 g/mol. The van der Waals surface area contributed by atoms with E-state index in [4.69, 9.17) is 49.5 Å². The summed E-state index contributed by atoms with van der Waals surface area (Å²) in [6, 6.07) is 17.8. The maximum Gasteiger partial charge on any atom is 0.360 e. The summed E-state index contributed by atoms with van der Waals surface area (Å²) in [6.45, 7) is 0.495. The van der Waals surface area contributed by atoms with Gasteiger partial charge in [-0.05, 0) is 59.7 Å². The fourth-order valence-electron chi connectivity index (χ4n) is 6.81. The zero-order valence-electron chi connectivity index (χ0n) is 28.4. The van der Waals surface area contributed by atoms with Crippen molar-refractivity contribution >= 4 is 17.6 Å². The Kier molecular flexibility index (Phi) is 10.5. The van der Waals surface area contributed by atoms with Crippen LogP contribution in [0.1, 0.15) is 33.8 Å². The van der Waals surface area contributed by atoms with Gasteiger partial charge < -0.3 is 53.2 Å². The van der Waals surface area contributed by atoms with Crippen molar-refractivity contribution in [3.05, 3.63) is 88.7 Å². The highest BCUT2D eigenvalue weighted by molar-refractivity contribution is 6.30. The van der Waals surface area contributed by atoms with Crippen molar-refractivity contribution in [3.63, 3.8) is 0 Å². The number of rotatable bonds is 11. The highest BCUT2D eigenvalue weighted by Crippen LogP contribution is 2.51. The van der Waals surface area contributed by atoms with Crippen LogP contribution in [-0.4, -0.2) is 108 Å². The number of ether oxygens (including phenoxy) is 8. The molecule has 15 nitrogen and oxygen atoms in total. The first-order valence-electron chi connectivity index (χ1n) is 16.5. The first-order chi connectivity index (χ1) is 25.2. The van der Waals surface area contributed by atoms with Gasteiger partial charge in [0.2, 0.25) is 6.29 Å². The van der Waals surface area contributed by atoms with Gasteiger partial charge >= 0.3 is 5.97 Å². The Labute approximate surface area is 303 Å². The highest BCUT2D eigenvalue weighted by Gasteiger charge is 2.49. The first kappa shape index (κ1) is 35.9. The Morgan fingerprint density at radius 2 is 1.40 bits per heavy atom. The molecule has 3 aliphatic heterocycles. The molecule has 4 aromatic rings. The number of aliphatic hydroxyl groups is 3. The zero-order chi connectivity index (χ0) is 36.5. The van der Waals surface area contributed by atoms with Crippen molar-refractivity contribution in [2.24, 2.45) is 11.8 Å². The van der Waals surface area contributed by atoms with Crippen LogP contribution >= 0.6 is 11.6 Å². The molecule has 4 heterocycles. The Morgan fingerprint density at radius 3 is 2.02 bits per heavy atom. The maximum absolute atomic E-state index is 12.8. The summed E-state index contributed by atoms with van der Waals surface area (Å²) in [4.78, 5) is 12.8. The second-order valence-corrected chi connectivity index (χ2v) is 13.1. The van der Waals surface area contributed by atoms with Gasteiger partial charge in [-0.15, -0.1) is 5.10 Å². The number of esters is 1. The Morgan fingerprint density at radius 1 is 0.808 bits per heavy atom. The number of carbonyl (C=O) groups is 1. The Hall–Kier alpha value is -4.48. The van der Waals surface area contributed by atoms with Gasteiger partial charge in [-0.2, -0.15) is 0 Å². The number of fused-ring (bicyclic) bond motifs is 1. The molecule has 0 aliphatic carbocycles. The number of aliphatic hydroxyl groups excluding tert-OH is 3. The van der Waals surface area contributed by atoms with Crippen LogP contribution in [-0.2, 0) is 18.9 Å². The molecule has 52 heavy (non-hydrogen) atoms. The summed E-state index contributed by atoms with van der Waals surface area (Å²) < 4.78 is 47.6. The standard InChI is InChI=1S/C36H38ClN3O12/c1-45-25-10-4-18(12-27(25)46-2)33-22-15-49-34(23(22)16-48-33)19-5-11-26(28(13-19)47-3)51-36-32(43)31(42)30(41)29(52-36)17-50-35(44)24-14-40(39-38-24)21-8-6-20(37)7-9-21/h4-14,22-23,29-34,36,41-43H,15-17H2,1-3H3/t22-,23-,29+,30+,31-,32+,33-,34+,36-/m0/s1. The zero-order valence-corrected chi connectivity index (χ0v) is 29.2. The molecule has 0 amide bonds. The molecule has 7 rings (SSSR count). The lowest BCUT2D eigenvalue weighted by Crippen LogP contribution is -2.60. The Balaban J connectivity index is 0.997. The number of carbonyl (C=O) groups excluding carboxylic acids is 1. The van der Waals surface area contributed by atoms with Gasteiger partial charge in [-0.3, -0.25) is 0 Å². The van der Waals surface area contributed by atoms with Crippen LogP contribution < -0.4 is 18.9 Å². The van der Waals surface area contributed by atoms with E-state index in [1.54, 1.807) is 50.6 Å². The van der Waals surface area contributed by atoms with Crippen LogP contribution in [0.5, 0.6) is 23.0 Å². The summed E-state index contributed by atoms with van der Waals surface area (Å²) in [5.41, 5.74) is 2.34. The van der Waals surface area contributed by atoms with Crippen molar-refractivity contribution < 1.29 is 58.0 Å². The molecule has 9 atom stereocenters. The van der Waals surface area contributed by atoms with E-state index in [1.807, 2.05) is 24.3 Å². The molecule has 0 spiro atoms. The molecule has 3 aromatic carbocycles. The molecule has 3 N–H and O–H groups in total. The number of hydrogen-bond acceptors (Lipinski definition) is 14. The lowest BCUT2D eigenvalue weighted by atomic mass is 9.85. The van der Waals surface area contributed by atoms with Crippen molar-refractivity contribution in [1.82, 2.24) is 15.0 Å². The average Bonchev–Trinajstić information content (AvgIpc) is 3.93. The van der Waals surface area contributed by atoms with Gasteiger partial charge in [0.1, 0.15) is 31.0 Å². The third-order valence-electron chi connectivity index (χ3n) is 9.60. The third kappa shape index (κ3) is 7.00. The molecule has 3 fully saturated rings. The van der Waals surface area contributed by atoms with Crippen LogP contribution in [0.25, 0.3) is 5.69 Å². The summed E-state index contributed by atoms with van der Waals surface area (Å²) >= 11 is 5.94. The van der Waals surface area contributed by atoms with Crippen LogP contribution in [0.4, 0.5) is 0 Å². The van der Waals surface area contributed by atoms with E-state index in [0.29, 0.717) is 41.2 Å². The summed E-state index contributed by atoms with van der Waals surface area (Å²) in [6.07, 6.45) is -6.71. The summed E-state index contributed by atoms with van der Waals surface area (Å²) in [7, 11) is 4.66. The third-order valence-corrected chi connectivity index (χ3v) is 9.85. The molecule has 3 aliphatic rings. The minimum Gasteiger partial charge on any atom is -0.493 e. The van der Waals surface area contributed by atoms with Crippen LogP contribution in [0.15, 0.2) is 66.9 Å². The fraction of sp³-hybridized carbons (Fsp3) is 0.417. The van der Waals surface area contributed by atoms with E-state index in [0.717, 1.165) is 11.1 Å². The van der Waals surface area contributed by atoms with Gasteiger partial charge in [0, 0.05) is 16.9 Å². The molecule has 1 aromatic heterocycles. The number of nitrogens with zero attached hydrogens (tertiary/aromatic N) is 3. The second kappa shape index (κ2) is 15.2. The number of halogens is 1. The minimum absolute atomic E-state index is 0.0696. The average molecular weight is 740 g/mol. The number of hydrogen-bond donors (Lipinski definition) is 3. The molecule has 0 radical (unpaired) electrons. The second-order valence-electron chi connectivity index (χ2n) is 12.6. The smallest absolute Gasteiger partial charge is 0.360 e. The predicted octanol–water partition coefficient (Wildman–Crippen LogP) is 3.07. The number of methoxy groups -OCH3 is 3. The highest BCUT2D eigenvalue weighted by atomic mass is 35.5. The first-order valence-corrected chi connectivity index (χ1v) is 16.9. The van der Waals surface area contributed by atoms with Crippen molar-refractivity contribution in [1.29, 1.82) is 0 Å². The Bertz CT molecular complexity index is 1880. The van der Waals surface area contributed by atoms with Gasteiger partial charge in [0.15, 0.2) is 28.7 Å². The molecule has 276 valence electrons. The number of benzene rings is 3. The van der Waals surface area contributed by atoms with E-state index >= 15 is 0 Å². The quantitative estimate of drug-likeness (QED) is 0.191. The normalized spacial score (nSPS) is 28.2. The van der Waals surface area contributed by atoms with Crippen LogP contribution in [0.2, 0.25) is 5.02 Å². The van der Waals surface area contributed by atoms with E-state index in [-0.39, 0.29) is 35.5 Å². The van der Waals surface area contributed by atoms with Crippen molar-refractivity contribution in [2.75, 3.05) is 41.2 Å². The van der Waals surface area contributed by atoms with Crippen molar-refractivity contribution in [3.8, 4) is 28.7 Å². The van der Waals surface area contributed by atoms with Crippen LogP contribution in [0, 0.1) is 11.8 Å². The molecule has 3 saturated heterocycles. The van der Waals surface area contributed by atoms with Gasteiger partial charge in [-0.1, -0.05) is 28.9 Å². The van der Waals surface area contributed by atoms with Gasteiger partial charge in [0.25, 0.3) is 0 Å². The molecular formula is C36H38ClN3O12. The molecule has 16 heteroatoms. The largest absolute Gasteiger partial charge is 0.493 e. The fourth-order valence-corrected chi connectivity index (χ4v) is 6.93. The summed E-state index contributed by atoms with van der Waals surface area (Å²) in [5, 5.41) is 40.4. The van der Waals surface area contributed by atoms with E-state index in [2.05, 4.69) is 10.3 Å². The van der Waals surface area contributed by atoms with Crippen LogP contribution in [0.3, 0.4) is 0 Å². The molecule has 0 unspecified atom stereocenters. The van der Waals surface area contributed by atoms with Gasteiger partial charge in [0.05, 0.1) is 58.6 Å². The topological polar surface area (TPSA) is 182 Å². The van der Waals surface area contributed by atoms with Crippen molar-refractivity contribution in [2.45, 2.75) is 42.9 Å². The predicted molar refractivity (Wildman–Crippen MR) is 181 cm³/mol. The number of aromatic nitrogens is 3. The summed E-state index contributed by atoms with van der Waals surface area (Å²) in [5.74, 6) is 1.12.